The number of carbonyl (C=O) groups is 1. The zero-order chi connectivity index (χ0) is 16.8. The fourth-order valence-corrected chi connectivity index (χ4v) is 3.44. The Morgan fingerprint density at radius 1 is 1.04 bits per heavy atom. The molecule has 0 aliphatic carbocycles. The van der Waals surface area contributed by atoms with Gasteiger partial charge < -0.3 is 14.2 Å². The molecule has 2 heterocycles. The molecule has 1 aliphatic rings. The molecule has 1 saturated heterocycles. The van der Waals surface area contributed by atoms with Crippen LogP contribution in [0.3, 0.4) is 0 Å². The lowest BCUT2D eigenvalue weighted by atomic mass is 10.1. The maximum absolute atomic E-state index is 12.5. The van der Waals surface area contributed by atoms with E-state index >= 15 is 0 Å². The number of hydrogen-bond acceptors (Lipinski definition) is 3. The van der Waals surface area contributed by atoms with Crippen molar-refractivity contribution in [1.29, 1.82) is 0 Å². The van der Waals surface area contributed by atoms with E-state index in [2.05, 4.69) is 51.2 Å². The van der Waals surface area contributed by atoms with Crippen LogP contribution in [0.15, 0.2) is 51.6 Å². The molecule has 0 atom stereocenters. The lowest BCUT2D eigenvalue weighted by Gasteiger charge is -2.21. The first kappa shape index (κ1) is 17.2. The molecular weight excluding hydrogens is 368 g/mol. The Labute approximate surface area is 151 Å². The van der Waals surface area contributed by atoms with Gasteiger partial charge in [0.05, 0.1) is 0 Å². The predicted octanol–water partition coefficient (Wildman–Crippen LogP) is 3.82. The largest absolute Gasteiger partial charge is 0.444 e. The number of nitrogens with zero attached hydrogens (tertiary/aromatic N) is 2. The van der Waals surface area contributed by atoms with Gasteiger partial charge in [0.15, 0.2) is 10.4 Å². The van der Waals surface area contributed by atoms with Crippen molar-refractivity contribution in [2.24, 2.45) is 0 Å². The number of carbonyl (C=O) groups excluding carboxylic acids is 1. The highest BCUT2D eigenvalue weighted by molar-refractivity contribution is 9.10. The first-order valence-corrected chi connectivity index (χ1v) is 9.32. The number of rotatable bonds is 5. The van der Waals surface area contributed by atoms with Crippen molar-refractivity contribution in [1.82, 2.24) is 9.80 Å². The third-order valence-electron chi connectivity index (χ3n) is 4.44. The molecule has 1 fully saturated rings. The summed E-state index contributed by atoms with van der Waals surface area (Å²) < 4.78 is 5.99. The number of benzene rings is 1. The molecule has 4 nitrogen and oxygen atoms in total. The fourth-order valence-electron chi connectivity index (χ4n) is 3.13. The van der Waals surface area contributed by atoms with E-state index in [4.69, 9.17) is 4.42 Å². The van der Waals surface area contributed by atoms with Gasteiger partial charge in [-0.3, -0.25) is 4.79 Å². The summed E-state index contributed by atoms with van der Waals surface area (Å²) in [4.78, 5) is 16.8. The summed E-state index contributed by atoms with van der Waals surface area (Å²) in [6.45, 7) is 4.64. The fraction of sp³-hybridized carbons (Fsp3) is 0.421. The summed E-state index contributed by atoms with van der Waals surface area (Å²) in [5, 5.41) is 0. The molecule has 128 valence electrons. The standard InChI is InChI=1S/C19H23BrN2O2/c20-18-10-9-17(24-18)19(23)22-13-5-12-21(14-15-22)11-4-8-16-6-2-1-3-7-16/h1-3,6-7,9-10H,4-5,8,11-15H2. The molecule has 2 aromatic rings. The molecule has 0 N–H and O–H groups in total. The van der Waals surface area contributed by atoms with Crippen molar-refractivity contribution in [2.75, 3.05) is 32.7 Å². The van der Waals surface area contributed by atoms with Crippen molar-refractivity contribution in [2.45, 2.75) is 19.3 Å². The second kappa shape index (κ2) is 8.49. The summed E-state index contributed by atoms with van der Waals surface area (Å²) in [5.74, 6) is 0.409. The van der Waals surface area contributed by atoms with Gasteiger partial charge in [0.25, 0.3) is 5.91 Å². The average Bonchev–Trinajstić information content (AvgIpc) is 2.90. The predicted molar refractivity (Wildman–Crippen MR) is 98.1 cm³/mol. The Morgan fingerprint density at radius 2 is 1.88 bits per heavy atom. The van der Waals surface area contributed by atoms with Crippen LogP contribution in [0.2, 0.25) is 0 Å². The van der Waals surface area contributed by atoms with Gasteiger partial charge in [0, 0.05) is 19.6 Å². The molecule has 0 unspecified atom stereocenters. The van der Waals surface area contributed by atoms with Gasteiger partial charge in [0.1, 0.15) is 0 Å². The number of amides is 1. The monoisotopic (exact) mass is 390 g/mol. The minimum Gasteiger partial charge on any atom is -0.444 e. The van der Waals surface area contributed by atoms with Gasteiger partial charge in [-0.2, -0.15) is 0 Å². The van der Waals surface area contributed by atoms with E-state index in [1.807, 2.05) is 4.90 Å². The zero-order valence-electron chi connectivity index (χ0n) is 13.8. The van der Waals surface area contributed by atoms with Gasteiger partial charge in [-0.25, -0.2) is 0 Å². The molecular formula is C19H23BrN2O2. The lowest BCUT2D eigenvalue weighted by Crippen LogP contribution is -2.35. The summed E-state index contributed by atoms with van der Waals surface area (Å²) >= 11 is 3.25. The van der Waals surface area contributed by atoms with Crippen molar-refractivity contribution in [3.63, 3.8) is 0 Å². The van der Waals surface area contributed by atoms with Crippen molar-refractivity contribution in [3.05, 3.63) is 58.5 Å². The van der Waals surface area contributed by atoms with Crippen LogP contribution in [0.1, 0.15) is 29.0 Å². The Balaban J connectivity index is 1.45. The van der Waals surface area contributed by atoms with Crippen LogP contribution in [-0.2, 0) is 6.42 Å². The van der Waals surface area contributed by atoms with E-state index in [1.165, 1.54) is 5.56 Å². The van der Waals surface area contributed by atoms with Gasteiger partial charge in [-0.15, -0.1) is 0 Å². The molecule has 24 heavy (non-hydrogen) atoms. The van der Waals surface area contributed by atoms with Gasteiger partial charge in [0.2, 0.25) is 0 Å². The van der Waals surface area contributed by atoms with E-state index in [1.54, 1.807) is 12.1 Å². The van der Waals surface area contributed by atoms with Crippen LogP contribution in [0, 0.1) is 0 Å². The molecule has 3 rings (SSSR count). The zero-order valence-corrected chi connectivity index (χ0v) is 15.4. The maximum Gasteiger partial charge on any atom is 0.289 e. The van der Waals surface area contributed by atoms with Crippen LogP contribution in [-0.4, -0.2) is 48.4 Å². The summed E-state index contributed by atoms with van der Waals surface area (Å²) in [6, 6.07) is 14.1. The molecule has 1 aromatic heterocycles. The summed E-state index contributed by atoms with van der Waals surface area (Å²) in [6.07, 6.45) is 3.28. The van der Waals surface area contributed by atoms with Crippen LogP contribution in [0.5, 0.6) is 0 Å². The Morgan fingerprint density at radius 3 is 2.62 bits per heavy atom. The number of furan rings is 1. The highest BCUT2D eigenvalue weighted by Crippen LogP contribution is 2.17. The average molecular weight is 391 g/mol. The van der Waals surface area contributed by atoms with E-state index in [0.717, 1.165) is 52.0 Å². The maximum atomic E-state index is 12.5. The first-order valence-electron chi connectivity index (χ1n) is 8.53. The second-order valence-corrected chi connectivity index (χ2v) is 6.96. The lowest BCUT2D eigenvalue weighted by molar-refractivity contribution is 0.0728. The number of halogens is 1. The Kier molecular flexibility index (Phi) is 6.10. The van der Waals surface area contributed by atoms with E-state index in [9.17, 15) is 4.79 Å². The van der Waals surface area contributed by atoms with Crippen molar-refractivity contribution in [3.8, 4) is 0 Å². The molecule has 0 radical (unpaired) electrons. The second-order valence-electron chi connectivity index (χ2n) is 6.18. The SMILES string of the molecule is O=C(c1ccc(Br)o1)N1CCCN(CCCc2ccccc2)CC1. The molecule has 1 aromatic carbocycles. The molecule has 1 amide bonds. The Hall–Kier alpha value is -1.59. The van der Waals surface area contributed by atoms with Crippen LogP contribution >= 0.6 is 15.9 Å². The van der Waals surface area contributed by atoms with E-state index < -0.39 is 0 Å². The highest BCUT2D eigenvalue weighted by Gasteiger charge is 2.22. The van der Waals surface area contributed by atoms with Crippen LogP contribution in [0.4, 0.5) is 0 Å². The molecule has 0 saturated carbocycles. The third-order valence-corrected chi connectivity index (χ3v) is 4.87. The van der Waals surface area contributed by atoms with Gasteiger partial charge in [-0.1, -0.05) is 30.3 Å². The van der Waals surface area contributed by atoms with E-state index in [-0.39, 0.29) is 5.91 Å². The third kappa shape index (κ3) is 4.71. The first-order chi connectivity index (χ1) is 11.7. The summed E-state index contributed by atoms with van der Waals surface area (Å²) in [7, 11) is 0. The van der Waals surface area contributed by atoms with Crippen molar-refractivity contribution >= 4 is 21.8 Å². The van der Waals surface area contributed by atoms with Gasteiger partial charge >= 0.3 is 0 Å². The quantitative estimate of drug-likeness (QED) is 0.778. The summed E-state index contributed by atoms with van der Waals surface area (Å²) in [5.41, 5.74) is 1.40. The van der Waals surface area contributed by atoms with Crippen LogP contribution in [0.25, 0.3) is 0 Å². The van der Waals surface area contributed by atoms with E-state index in [0.29, 0.717) is 10.4 Å². The van der Waals surface area contributed by atoms with Gasteiger partial charge in [-0.05, 0) is 66.0 Å². The Bertz CT molecular complexity index is 656. The molecule has 1 aliphatic heterocycles. The smallest absolute Gasteiger partial charge is 0.289 e. The normalized spacial score (nSPS) is 16.1. The molecule has 0 bridgehead atoms. The minimum atomic E-state index is -0.00756. The molecule has 0 spiro atoms. The minimum absolute atomic E-state index is 0.00756. The molecule has 5 heteroatoms. The highest BCUT2D eigenvalue weighted by atomic mass is 79.9. The van der Waals surface area contributed by atoms with Crippen molar-refractivity contribution < 1.29 is 9.21 Å². The number of hydrogen-bond donors (Lipinski definition) is 0. The topological polar surface area (TPSA) is 36.7 Å². The number of aryl methyl sites for hydroxylation is 1. The van der Waals surface area contributed by atoms with Crippen LogP contribution < -0.4 is 0 Å².